The molecule has 0 spiro atoms. The Labute approximate surface area is 143 Å². The van der Waals surface area contributed by atoms with Crippen LogP contribution in [0.15, 0.2) is 41.2 Å². The topological polar surface area (TPSA) is 78.2 Å². The van der Waals surface area contributed by atoms with Gasteiger partial charge in [-0.05, 0) is 12.1 Å². The minimum absolute atomic E-state index is 0.773. The molecule has 7 heteroatoms. The fraction of sp³-hybridized carbons (Fsp3) is 0.471. The van der Waals surface area contributed by atoms with Crippen LogP contribution in [0, 0.1) is 0 Å². The lowest BCUT2D eigenvalue weighted by Gasteiger charge is -2.38. The van der Waals surface area contributed by atoms with Crippen molar-refractivity contribution in [1.82, 2.24) is 20.4 Å². The van der Waals surface area contributed by atoms with Gasteiger partial charge in [-0.2, -0.15) is 0 Å². The van der Waals surface area contributed by atoms with E-state index in [1.54, 1.807) is 7.11 Å². The number of nitrogens with two attached hydrogens (primary N) is 1. The number of aliphatic imine (C=N–C) groups is 1. The van der Waals surface area contributed by atoms with E-state index in [4.69, 9.17) is 15.5 Å². The van der Waals surface area contributed by atoms with E-state index in [9.17, 15) is 0 Å². The van der Waals surface area contributed by atoms with Gasteiger partial charge < -0.3 is 25.2 Å². The fourth-order valence-corrected chi connectivity index (χ4v) is 2.88. The zero-order valence-electron chi connectivity index (χ0n) is 14.5. The predicted molar refractivity (Wildman–Crippen MR) is 95.6 cm³/mol. The third-order valence-corrected chi connectivity index (χ3v) is 4.32. The summed E-state index contributed by atoms with van der Waals surface area (Å²) in [5.41, 5.74) is 6.67. The number of hydrogen-bond acceptors (Lipinski definition) is 7. The molecule has 2 heterocycles. The molecular formula is C17H26N6O. The minimum Gasteiger partial charge on any atom is -0.497 e. The molecule has 1 aromatic rings. The molecule has 2 aliphatic rings. The zero-order valence-corrected chi connectivity index (χ0v) is 14.5. The number of guanidine groups is 1. The molecule has 2 aliphatic heterocycles. The number of benzene rings is 1. The molecule has 0 bridgehead atoms. The average Bonchev–Trinajstić information content (AvgIpc) is 2.62. The van der Waals surface area contributed by atoms with Crippen LogP contribution in [0.3, 0.4) is 0 Å². The van der Waals surface area contributed by atoms with E-state index < -0.39 is 5.66 Å². The molecule has 0 aliphatic carbocycles. The summed E-state index contributed by atoms with van der Waals surface area (Å²) in [5, 5.41) is 6.76. The van der Waals surface area contributed by atoms with Gasteiger partial charge in [-0.25, -0.2) is 4.99 Å². The summed E-state index contributed by atoms with van der Waals surface area (Å²) in [6.07, 6.45) is 1.95. The first-order valence-corrected chi connectivity index (χ1v) is 8.18. The molecule has 0 aromatic heterocycles. The van der Waals surface area contributed by atoms with Crippen molar-refractivity contribution in [3.63, 3.8) is 0 Å². The Balaban J connectivity index is 2.00. The smallest absolute Gasteiger partial charge is 0.202 e. The second-order valence-corrected chi connectivity index (χ2v) is 6.28. The number of rotatable bonds is 3. The van der Waals surface area contributed by atoms with Gasteiger partial charge in [-0.1, -0.05) is 12.1 Å². The lowest BCUT2D eigenvalue weighted by molar-refractivity contribution is 0.332. The number of nitrogens with zero attached hydrogens (tertiary/aromatic N) is 3. The van der Waals surface area contributed by atoms with Gasteiger partial charge in [-0.3, -0.25) is 5.73 Å². The van der Waals surface area contributed by atoms with Gasteiger partial charge in [0.15, 0.2) is 5.66 Å². The molecule has 0 radical (unpaired) electrons. The van der Waals surface area contributed by atoms with Crippen LogP contribution in [0.5, 0.6) is 5.75 Å². The van der Waals surface area contributed by atoms with Gasteiger partial charge >= 0.3 is 0 Å². The van der Waals surface area contributed by atoms with Crippen LogP contribution in [0.2, 0.25) is 0 Å². The van der Waals surface area contributed by atoms with Gasteiger partial charge in [0.2, 0.25) is 5.96 Å². The van der Waals surface area contributed by atoms with Crippen molar-refractivity contribution in [3.05, 3.63) is 41.7 Å². The van der Waals surface area contributed by atoms with Crippen molar-refractivity contribution in [2.45, 2.75) is 5.66 Å². The van der Waals surface area contributed by atoms with Crippen molar-refractivity contribution in [3.8, 4) is 5.75 Å². The number of piperazine rings is 1. The van der Waals surface area contributed by atoms with Crippen LogP contribution in [0.25, 0.3) is 0 Å². The van der Waals surface area contributed by atoms with E-state index >= 15 is 0 Å². The highest BCUT2D eigenvalue weighted by atomic mass is 16.5. The molecule has 130 valence electrons. The summed E-state index contributed by atoms with van der Waals surface area (Å²) < 4.78 is 5.34. The van der Waals surface area contributed by atoms with Crippen molar-refractivity contribution in [2.75, 3.05) is 47.4 Å². The molecule has 0 amide bonds. The second kappa shape index (κ2) is 6.70. The molecule has 3 rings (SSSR count). The standard InChI is InChI=1S/C17H26N6O/c1-22(2)15-12-17(18,13-5-4-6-14(11-13)24-3)21-16(20-15)23-9-7-19-8-10-23/h4-6,11-12,19H,7-10,18H2,1-3H3,(H,20,21). The minimum atomic E-state index is -0.931. The molecule has 1 saturated heterocycles. The molecule has 1 fully saturated rings. The van der Waals surface area contributed by atoms with E-state index in [1.165, 1.54) is 0 Å². The van der Waals surface area contributed by atoms with Gasteiger partial charge in [0.1, 0.15) is 11.6 Å². The fourth-order valence-electron chi connectivity index (χ4n) is 2.88. The summed E-state index contributed by atoms with van der Waals surface area (Å²) in [6.45, 7) is 3.69. The lowest BCUT2D eigenvalue weighted by Crippen LogP contribution is -2.55. The van der Waals surface area contributed by atoms with Crippen molar-refractivity contribution >= 4 is 5.96 Å². The monoisotopic (exact) mass is 330 g/mol. The van der Waals surface area contributed by atoms with E-state index in [0.29, 0.717) is 0 Å². The van der Waals surface area contributed by atoms with Crippen LogP contribution >= 0.6 is 0 Å². The highest BCUT2D eigenvalue weighted by Gasteiger charge is 2.32. The molecular weight excluding hydrogens is 304 g/mol. The number of hydrogen-bond donors (Lipinski definition) is 3. The van der Waals surface area contributed by atoms with E-state index in [1.807, 2.05) is 49.3 Å². The molecule has 7 nitrogen and oxygen atoms in total. The zero-order chi connectivity index (χ0) is 17.2. The first-order valence-electron chi connectivity index (χ1n) is 8.18. The third-order valence-electron chi connectivity index (χ3n) is 4.32. The van der Waals surface area contributed by atoms with Gasteiger partial charge in [0, 0.05) is 51.9 Å². The first-order chi connectivity index (χ1) is 11.5. The average molecular weight is 330 g/mol. The molecule has 4 N–H and O–H groups in total. The maximum atomic E-state index is 6.70. The Bertz CT molecular complexity index is 650. The van der Waals surface area contributed by atoms with Crippen molar-refractivity contribution < 1.29 is 4.74 Å². The van der Waals surface area contributed by atoms with Crippen molar-refractivity contribution in [1.29, 1.82) is 0 Å². The van der Waals surface area contributed by atoms with Crippen LogP contribution in [-0.2, 0) is 5.66 Å². The molecule has 0 saturated carbocycles. The predicted octanol–water partition coefficient (Wildman–Crippen LogP) is 0.0741. The van der Waals surface area contributed by atoms with E-state index in [0.717, 1.165) is 49.3 Å². The maximum absolute atomic E-state index is 6.70. The van der Waals surface area contributed by atoms with Crippen LogP contribution in [0.4, 0.5) is 0 Å². The Hall–Kier alpha value is -2.25. The van der Waals surface area contributed by atoms with E-state index in [-0.39, 0.29) is 0 Å². The molecule has 24 heavy (non-hydrogen) atoms. The molecule has 1 aromatic carbocycles. The van der Waals surface area contributed by atoms with Crippen LogP contribution in [0.1, 0.15) is 5.56 Å². The van der Waals surface area contributed by atoms with Gasteiger partial charge in [0.25, 0.3) is 0 Å². The highest BCUT2D eigenvalue weighted by Crippen LogP contribution is 2.29. The summed E-state index contributed by atoms with van der Waals surface area (Å²) in [6, 6.07) is 7.77. The normalized spacial score (nSPS) is 23.9. The quantitative estimate of drug-likeness (QED) is 0.728. The Morgan fingerprint density at radius 3 is 2.71 bits per heavy atom. The summed E-state index contributed by atoms with van der Waals surface area (Å²) in [5.74, 6) is 2.52. The second-order valence-electron chi connectivity index (χ2n) is 6.28. The van der Waals surface area contributed by atoms with Crippen LogP contribution < -0.4 is 21.1 Å². The largest absolute Gasteiger partial charge is 0.497 e. The number of ether oxygens (including phenoxy) is 1. The highest BCUT2D eigenvalue weighted by molar-refractivity contribution is 5.83. The molecule has 1 atom stereocenters. The summed E-state index contributed by atoms with van der Waals surface area (Å²) in [4.78, 5) is 9.08. The van der Waals surface area contributed by atoms with E-state index in [2.05, 4.69) is 15.5 Å². The summed E-state index contributed by atoms with van der Waals surface area (Å²) in [7, 11) is 5.64. The first kappa shape index (κ1) is 16.6. The third kappa shape index (κ3) is 3.32. The number of methoxy groups -OCH3 is 1. The van der Waals surface area contributed by atoms with Gasteiger partial charge in [-0.15, -0.1) is 0 Å². The Kier molecular flexibility index (Phi) is 4.64. The van der Waals surface area contributed by atoms with Crippen molar-refractivity contribution in [2.24, 2.45) is 10.7 Å². The SMILES string of the molecule is COc1cccc(C2(N)C=C(N(C)C)NC(N3CCNCC3)=N2)c1. The van der Waals surface area contributed by atoms with Crippen LogP contribution in [-0.4, -0.2) is 63.1 Å². The maximum Gasteiger partial charge on any atom is 0.202 e. The molecule has 1 unspecified atom stereocenters. The Morgan fingerprint density at radius 1 is 1.29 bits per heavy atom. The van der Waals surface area contributed by atoms with Gasteiger partial charge in [0.05, 0.1) is 7.11 Å². The number of nitrogens with one attached hydrogen (secondary N) is 2. The Morgan fingerprint density at radius 2 is 2.04 bits per heavy atom. The lowest BCUT2D eigenvalue weighted by atomic mass is 9.99. The summed E-state index contributed by atoms with van der Waals surface area (Å²) >= 11 is 0.